The van der Waals surface area contributed by atoms with Crippen LogP contribution in [0.25, 0.3) is 0 Å². The molecule has 0 bridgehead atoms. The van der Waals surface area contributed by atoms with Crippen molar-refractivity contribution in [3.8, 4) is 0 Å². The number of carbonyl (C=O) groups excluding carboxylic acids is 1. The van der Waals surface area contributed by atoms with Gasteiger partial charge < -0.3 is 10.2 Å². The lowest BCUT2D eigenvalue weighted by Crippen LogP contribution is -2.50. The molecule has 0 aromatic heterocycles. The Morgan fingerprint density at radius 3 is 2.63 bits per heavy atom. The number of hydrogen-bond acceptors (Lipinski definition) is 2. The van der Waals surface area contributed by atoms with Gasteiger partial charge in [-0.1, -0.05) is 0 Å². The number of benzene rings is 1. The molecule has 1 aromatic carbocycles. The average Bonchev–Trinajstić information content (AvgIpc) is 2.42. The summed E-state index contributed by atoms with van der Waals surface area (Å²) in [5.74, 6) is -0.161. The average molecular weight is 264 g/mol. The van der Waals surface area contributed by atoms with Gasteiger partial charge in [-0.05, 0) is 57.5 Å². The number of carbonyl (C=O) groups is 1. The van der Waals surface area contributed by atoms with Gasteiger partial charge in [-0.25, -0.2) is 4.39 Å². The quantitative estimate of drug-likeness (QED) is 0.910. The van der Waals surface area contributed by atoms with Crippen LogP contribution in [0, 0.1) is 11.2 Å². The van der Waals surface area contributed by atoms with Gasteiger partial charge >= 0.3 is 0 Å². The number of anilines is 1. The van der Waals surface area contributed by atoms with Crippen molar-refractivity contribution in [3.05, 3.63) is 30.1 Å². The molecule has 1 atom stereocenters. The van der Waals surface area contributed by atoms with E-state index in [9.17, 15) is 9.18 Å². The van der Waals surface area contributed by atoms with E-state index < -0.39 is 0 Å². The minimum absolute atomic E-state index is 0.119. The zero-order valence-electron chi connectivity index (χ0n) is 11.6. The van der Waals surface area contributed by atoms with Gasteiger partial charge in [-0.2, -0.15) is 0 Å². The van der Waals surface area contributed by atoms with Gasteiger partial charge in [0.15, 0.2) is 0 Å². The zero-order valence-corrected chi connectivity index (χ0v) is 11.6. The van der Waals surface area contributed by atoms with Crippen LogP contribution in [0.1, 0.15) is 26.7 Å². The summed E-state index contributed by atoms with van der Waals surface area (Å²) in [6, 6.07) is 6.12. The van der Waals surface area contributed by atoms with Crippen LogP contribution in [-0.2, 0) is 4.79 Å². The third kappa shape index (κ3) is 2.95. The van der Waals surface area contributed by atoms with Crippen molar-refractivity contribution >= 4 is 11.6 Å². The Morgan fingerprint density at radius 2 is 2.11 bits per heavy atom. The molecule has 0 saturated carbocycles. The van der Waals surface area contributed by atoms with E-state index in [1.807, 2.05) is 13.8 Å². The van der Waals surface area contributed by atoms with Crippen LogP contribution in [0.2, 0.25) is 0 Å². The second-order valence-corrected chi connectivity index (χ2v) is 5.37. The fraction of sp³-hybridized carbons (Fsp3) is 0.533. The summed E-state index contributed by atoms with van der Waals surface area (Å²) in [5, 5.41) is 3.29. The minimum Gasteiger partial charge on any atom is -0.316 e. The van der Waals surface area contributed by atoms with E-state index in [1.54, 1.807) is 17.0 Å². The topological polar surface area (TPSA) is 32.3 Å². The number of nitrogens with one attached hydrogen (secondary N) is 1. The Kier molecular flexibility index (Phi) is 4.20. The molecule has 4 heteroatoms. The number of hydrogen-bond donors (Lipinski definition) is 1. The highest BCUT2D eigenvalue weighted by Gasteiger charge is 2.37. The Morgan fingerprint density at radius 1 is 1.42 bits per heavy atom. The molecule has 1 aromatic rings. The molecule has 1 aliphatic rings. The van der Waals surface area contributed by atoms with Crippen LogP contribution < -0.4 is 10.2 Å². The second-order valence-electron chi connectivity index (χ2n) is 5.37. The predicted molar refractivity (Wildman–Crippen MR) is 74.6 cm³/mol. The van der Waals surface area contributed by atoms with Crippen LogP contribution >= 0.6 is 0 Å². The maximum absolute atomic E-state index is 13.0. The molecule has 2 rings (SSSR count). The molecule has 1 amide bonds. The molecule has 104 valence electrons. The fourth-order valence-corrected chi connectivity index (χ4v) is 2.63. The second kappa shape index (κ2) is 5.70. The minimum atomic E-state index is -0.358. The largest absolute Gasteiger partial charge is 0.316 e. The van der Waals surface area contributed by atoms with E-state index in [0.717, 1.165) is 25.1 Å². The zero-order chi connectivity index (χ0) is 13.9. The molecule has 19 heavy (non-hydrogen) atoms. The fourth-order valence-electron chi connectivity index (χ4n) is 2.63. The van der Waals surface area contributed by atoms with Crippen LogP contribution in [-0.4, -0.2) is 25.5 Å². The number of piperidine rings is 1. The smallest absolute Gasteiger partial charge is 0.234 e. The standard InChI is InChI=1S/C15H21FN2O/c1-3-18(13-7-5-12(16)6-8-13)14(19)15(2)9-4-10-17-11-15/h5-8,17H,3-4,9-11H2,1-2H3. The van der Waals surface area contributed by atoms with E-state index in [2.05, 4.69) is 5.32 Å². The summed E-state index contributed by atoms with van der Waals surface area (Å²) in [6.07, 6.45) is 1.92. The highest BCUT2D eigenvalue weighted by molar-refractivity contribution is 5.97. The van der Waals surface area contributed by atoms with Gasteiger partial charge in [0.2, 0.25) is 5.91 Å². The molecule has 1 saturated heterocycles. The van der Waals surface area contributed by atoms with Gasteiger partial charge in [0.1, 0.15) is 5.82 Å². The Balaban J connectivity index is 2.21. The molecule has 1 unspecified atom stereocenters. The summed E-state index contributed by atoms with van der Waals surface area (Å²) in [7, 11) is 0. The van der Waals surface area contributed by atoms with E-state index in [1.165, 1.54) is 12.1 Å². The monoisotopic (exact) mass is 264 g/mol. The molecule has 1 heterocycles. The van der Waals surface area contributed by atoms with Crippen LogP contribution in [0.5, 0.6) is 0 Å². The summed E-state index contributed by atoms with van der Waals surface area (Å²) in [5.41, 5.74) is 0.406. The van der Waals surface area contributed by atoms with Crippen molar-refractivity contribution in [3.63, 3.8) is 0 Å². The third-order valence-electron chi connectivity index (χ3n) is 3.81. The van der Waals surface area contributed by atoms with Crippen LogP contribution in [0.3, 0.4) is 0 Å². The summed E-state index contributed by atoms with van der Waals surface area (Å²) >= 11 is 0. The van der Waals surface area contributed by atoms with E-state index in [4.69, 9.17) is 0 Å². The highest BCUT2D eigenvalue weighted by Crippen LogP contribution is 2.30. The Bertz CT molecular complexity index is 438. The molecule has 1 fully saturated rings. The lowest BCUT2D eigenvalue weighted by Gasteiger charge is -2.37. The van der Waals surface area contributed by atoms with E-state index >= 15 is 0 Å². The lowest BCUT2D eigenvalue weighted by molar-refractivity contribution is -0.128. The first-order chi connectivity index (χ1) is 9.07. The first-order valence-corrected chi connectivity index (χ1v) is 6.85. The summed E-state index contributed by atoms with van der Waals surface area (Å²) in [6.45, 7) is 6.24. The predicted octanol–water partition coefficient (Wildman–Crippen LogP) is 2.57. The van der Waals surface area contributed by atoms with Crippen molar-refractivity contribution in [2.45, 2.75) is 26.7 Å². The van der Waals surface area contributed by atoms with Crippen molar-refractivity contribution in [1.82, 2.24) is 5.32 Å². The normalized spacial score (nSPS) is 23.1. The lowest BCUT2D eigenvalue weighted by atomic mass is 9.81. The molecule has 1 N–H and O–H groups in total. The SMILES string of the molecule is CCN(C(=O)C1(C)CCCNC1)c1ccc(F)cc1. The number of amides is 1. The number of halogens is 1. The molecule has 3 nitrogen and oxygen atoms in total. The molecular formula is C15H21FN2O. The molecular weight excluding hydrogens is 243 g/mol. The number of rotatable bonds is 3. The molecule has 0 spiro atoms. The van der Waals surface area contributed by atoms with Gasteiger partial charge in [0.05, 0.1) is 5.41 Å². The van der Waals surface area contributed by atoms with Gasteiger partial charge in [-0.3, -0.25) is 4.79 Å². The van der Waals surface area contributed by atoms with Crippen molar-refractivity contribution in [2.75, 3.05) is 24.5 Å². The molecule has 0 radical (unpaired) electrons. The summed E-state index contributed by atoms with van der Waals surface area (Å²) < 4.78 is 13.0. The van der Waals surface area contributed by atoms with Crippen LogP contribution in [0.4, 0.5) is 10.1 Å². The first kappa shape index (κ1) is 14.0. The van der Waals surface area contributed by atoms with Gasteiger partial charge in [-0.15, -0.1) is 0 Å². The Labute approximate surface area is 113 Å². The van der Waals surface area contributed by atoms with Crippen LogP contribution in [0.15, 0.2) is 24.3 Å². The highest BCUT2D eigenvalue weighted by atomic mass is 19.1. The van der Waals surface area contributed by atoms with Gasteiger partial charge in [0, 0.05) is 18.8 Å². The van der Waals surface area contributed by atoms with E-state index in [0.29, 0.717) is 13.1 Å². The Hall–Kier alpha value is -1.42. The number of nitrogens with zero attached hydrogens (tertiary/aromatic N) is 1. The molecule has 1 aliphatic heterocycles. The first-order valence-electron chi connectivity index (χ1n) is 6.85. The van der Waals surface area contributed by atoms with Crippen molar-refractivity contribution in [2.24, 2.45) is 5.41 Å². The maximum Gasteiger partial charge on any atom is 0.234 e. The van der Waals surface area contributed by atoms with E-state index in [-0.39, 0.29) is 17.1 Å². The van der Waals surface area contributed by atoms with Crippen molar-refractivity contribution < 1.29 is 9.18 Å². The van der Waals surface area contributed by atoms with Gasteiger partial charge in [0.25, 0.3) is 0 Å². The van der Waals surface area contributed by atoms with Crippen molar-refractivity contribution in [1.29, 1.82) is 0 Å². The maximum atomic E-state index is 13.0. The molecule has 0 aliphatic carbocycles. The summed E-state index contributed by atoms with van der Waals surface area (Å²) in [4.78, 5) is 14.5. The third-order valence-corrected chi connectivity index (χ3v) is 3.81.